The van der Waals surface area contributed by atoms with E-state index in [-0.39, 0.29) is 12.0 Å². The molecule has 0 atom stereocenters. The zero-order chi connectivity index (χ0) is 13.5. The molecule has 0 unspecified atom stereocenters. The fourth-order valence-electron chi connectivity index (χ4n) is 1.42. The van der Waals surface area contributed by atoms with Crippen molar-refractivity contribution >= 4 is 17.5 Å². The molecule has 0 heterocycles. The largest absolute Gasteiger partial charge is 0.489 e. The molecule has 3 N–H and O–H groups in total. The van der Waals surface area contributed by atoms with Crippen molar-refractivity contribution in [1.82, 2.24) is 5.32 Å². The van der Waals surface area contributed by atoms with E-state index in [0.717, 1.165) is 5.56 Å². The summed E-state index contributed by atoms with van der Waals surface area (Å²) >= 11 is 6.09. The van der Waals surface area contributed by atoms with E-state index in [1.165, 1.54) is 0 Å². The van der Waals surface area contributed by atoms with Crippen LogP contribution in [0.2, 0.25) is 5.02 Å². The first-order chi connectivity index (χ1) is 8.52. The topological polar surface area (TPSA) is 64.3 Å². The number of carbonyl (C=O) groups is 1. The Bertz CT molecular complexity index is 408. The summed E-state index contributed by atoms with van der Waals surface area (Å²) in [5.41, 5.74) is 6.22. The summed E-state index contributed by atoms with van der Waals surface area (Å²) in [6.45, 7) is 4.68. The SMILES string of the molecule is CC(C)Oc1ccc(CNC(=O)CCN)cc1Cl. The molecule has 0 radical (unpaired) electrons. The summed E-state index contributed by atoms with van der Waals surface area (Å²) in [4.78, 5) is 11.3. The Hall–Kier alpha value is -1.26. The monoisotopic (exact) mass is 270 g/mol. The van der Waals surface area contributed by atoms with Crippen molar-refractivity contribution in [3.8, 4) is 5.75 Å². The van der Waals surface area contributed by atoms with Crippen molar-refractivity contribution in [3.05, 3.63) is 28.8 Å². The Kier molecular flexibility index (Phi) is 5.95. The molecule has 5 heteroatoms. The molecular formula is C13H19ClN2O2. The number of hydrogen-bond donors (Lipinski definition) is 2. The van der Waals surface area contributed by atoms with Crippen molar-refractivity contribution in [2.24, 2.45) is 5.73 Å². The molecular weight excluding hydrogens is 252 g/mol. The van der Waals surface area contributed by atoms with E-state index in [1.54, 1.807) is 6.07 Å². The first-order valence-electron chi connectivity index (χ1n) is 5.94. The van der Waals surface area contributed by atoms with Crippen molar-refractivity contribution in [2.45, 2.75) is 32.9 Å². The Balaban J connectivity index is 2.58. The predicted molar refractivity (Wildman–Crippen MR) is 72.7 cm³/mol. The van der Waals surface area contributed by atoms with Gasteiger partial charge in [-0.2, -0.15) is 0 Å². The third-order valence-corrected chi connectivity index (χ3v) is 2.52. The molecule has 18 heavy (non-hydrogen) atoms. The molecule has 0 aliphatic rings. The Labute approximate surface area is 112 Å². The highest BCUT2D eigenvalue weighted by Gasteiger charge is 2.06. The van der Waals surface area contributed by atoms with E-state index in [2.05, 4.69) is 5.32 Å². The smallest absolute Gasteiger partial charge is 0.221 e. The maximum absolute atomic E-state index is 11.3. The third kappa shape index (κ3) is 4.94. The minimum Gasteiger partial charge on any atom is -0.489 e. The normalized spacial score (nSPS) is 10.5. The van der Waals surface area contributed by atoms with E-state index >= 15 is 0 Å². The van der Waals surface area contributed by atoms with Crippen molar-refractivity contribution in [2.75, 3.05) is 6.54 Å². The van der Waals surface area contributed by atoms with Gasteiger partial charge in [0.15, 0.2) is 0 Å². The molecule has 100 valence electrons. The summed E-state index contributed by atoms with van der Waals surface area (Å²) in [5, 5.41) is 3.32. The van der Waals surface area contributed by atoms with Gasteiger partial charge in [-0.15, -0.1) is 0 Å². The molecule has 0 aliphatic carbocycles. The summed E-state index contributed by atoms with van der Waals surface area (Å²) in [6, 6.07) is 5.49. The van der Waals surface area contributed by atoms with Crippen LogP contribution < -0.4 is 15.8 Å². The van der Waals surface area contributed by atoms with Crippen LogP contribution >= 0.6 is 11.6 Å². The highest BCUT2D eigenvalue weighted by atomic mass is 35.5. The number of amides is 1. The van der Waals surface area contributed by atoms with Gasteiger partial charge in [-0.3, -0.25) is 4.79 Å². The quantitative estimate of drug-likeness (QED) is 0.832. The third-order valence-electron chi connectivity index (χ3n) is 2.22. The number of halogens is 1. The molecule has 1 rings (SSSR count). The molecule has 1 aromatic rings. The number of nitrogens with two attached hydrogens (primary N) is 1. The Morgan fingerprint density at radius 3 is 2.78 bits per heavy atom. The van der Waals surface area contributed by atoms with Crippen molar-refractivity contribution in [1.29, 1.82) is 0 Å². The zero-order valence-electron chi connectivity index (χ0n) is 10.7. The highest BCUT2D eigenvalue weighted by Crippen LogP contribution is 2.26. The molecule has 1 aromatic carbocycles. The first kappa shape index (κ1) is 14.8. The van der Waals surface area contributed by atoms with Crippen LogP contribution in [0.25, 0.3) is 0 Å². The molecule has 0 spiro atoms. The summed E-state index contributed by atoms with van der Waals surface area (Å²) in [7, 11) is 0. The minimum atomic E-state index is -0.0591. The number of ether oxygens (including phenoxy) is 1. The molecule has 0 aromatic heterocycles. The van der Waals surface area contributed by atoms with Gasteiger partial charge in [0, 0.05) is 19.5 Å². The maximum atomic E-state index is 11.3. The van der Waals surface area contributed by atoms with Crippen LogP contribution in [0.5, 0.6) is 5.75 Å². The predicted octanol–water partition coefficient (Wildman–Crippen LogP) is 2.09. The number of rotatable bonds is 6. The molecule has 4 nitrogen and oxygen atoms in total. The number of carbonyl (C=O) groups excluding carboxylic acids is 1. The van der Waals surface area contributed by atoms with E-state index in [0.29, 0.717) is 30.3 Å². The van der Waals surface area contributed by atoms with Crippen LogP contribution in [-0.2, 0) is 11.3 Å². The molecule has 0 saturated heterocycles. The van der Waals surface area contributed by atoms with E-state index < -0.39 is 0 Å². The Morgan fingerprint density at radius 2 is 2.22 bits per heavy atom. The summed E-state index contributed by atoms with van der Waals surface area (Å²) in [5.74, 6) is 0.597. The zero-order valence-corrected chi connectivity index (χ0v) is 11.5. The number of hydrogen-bond acceptors (Lipinski definition) is 3. The average Bonchev–Trinajstić information content (AvgIpc) is 2.29. The van der Waals surface area contributed by atoms with Gasteiger partial charge in [0.2, 0.25) is 5.91 Å². The van der Waals surface area contributed by atoms with Gasteiger partial charge >= 0.3 is 0 Å². The highest BCUT2D eigenvalue weighted by molar-refractivity contribution is 6.32. The van der Waals surface area contributed by atoms with Gasteiger partial charge in [-0.1, -0.05) is 17.7 Å². The maximum Gasteiger partial charge on any atom is 0.221 e. The second kappa shape index (κ2) is 7.24. The average molecular weight is 271 g/mol. The van der Waals surface area contributed by atoms with Gasteiger partial charge in [0.1, 0.15) is 5.75 Å². The van der Waals surface area contributed by atoms with Crippen LogP contribution in [0.15, 0.2) is 18.2 Å². The lowest BCUT2D eigenvalue weighted by atomic mass is 10.2. The van der Waals surface area contributed by atoms with Crippen LogP contribution in [0, 0.1) is 0 Å². The lowest BCUT2D eigenvalue weighted by molar-refractivity contribution is -0.121. The second-order valence-electron chi connectivity index (χ2n) is 4.25. The van der Waals surface area contributed by atoms with Crippen LogP contribution in [0.3, 0.4) is 0 Å². The molecule has 0 bridgehead atoms. The van der Waals surface area contributed by atoms with Gasteiger partial charge in [-0.25, -0.2) is 0 Å². The molecule has 1 amide bonds. The number of benzene rings is 1. The first-order valence-corrected chi connectivity index (χ1v) is 6.32. The van der Waals surface area contributed by atoms with Crippen LogP contribution in [0.4, 0.5) is 0 Å². The lowest BCUT2D eigenvalue weighted by Crippen LogP contribution is -2.24. The molecule has 0 aliphatic heterocycles. The summed E-state index contributed by atoms with van der Waals surface area (Å²) in [6.07, 6.45) is 0.417. The molecule has 0 saturated carbocycles. The standard InChI is InChI=1S/C13H19ClN2O2/c1-9(2)18-12-4-3-10(7-11(12)14)8-16-13(17)5-6-15/h3-4,7,9H,5-6,8,15H2,1-2H3,(H,16,17). The van der Waals surface area contributed by atoms with Crippen LogP contribution in [-0.4, -0.2) is 18.6 Å². The van der Waals surface area contributed by atoms with Gasteiger partial charge in [-0.05, 0) is 31.5 Å². The second-order valence-corrected chi connectivity index (χ2v) is 4.65. The fourth-order valence-corrected chi connectivity index (χ4v) is 1.67. The van der Waals surface area contributed by atoms with Gasteiger partial charge < -0.3 is 15.8 Å². The summed E-state index contributed by atoms with van der Waals surface area (Å²) < 4.78 is 5.53. The van der Waals surface area contributed by atoms with Gasteiger partial charge in [0.25, 0.3) is 0 Å². The minimum absolute atomic E-state index is 0.0591. The van der Waals surface area contributed by atoms with E-state index in [1.807, 2.05) is 26.0 Å². The van der Waals surface area contributed by atoms with E-state index in [9.17, 15) is 4.79 Å². The number of nitrogens with one attached hydrogen (secondary N) is 1. The molecule has 0 fully saturated rings. The Morgan fingerprint density at radius 1 is 1.50 bits per heavy atom. The van der Waals surface area contributed by atoms with Crippen molar-refractivity contribution < 1.29 is 9.53 Å². The van der Waals surface area contributed by atoms with E-state index in [4.69, 9.17) is 22.1 Å². The van der Waals surface area contributed by atoms with Crippen molar-refractivity contribution in [3.63, 3.8) is 0 Å². The van der Waals surface area contributed by atoms with Crippen LogP contribution in [0.1, 0.15) is 25.8 Å². The fraction of sp³-hybridized carbons (Fsp3) is 0.462. The van der Waals surface area contributed by atoms with Gasteiger partial charge in [0.05, 0.1) is 11.1 Å². The lowest BCUT2D eigenvalue weighted by Gasteiger charge is -2.12.